The Hall–Kier alpha value is -3.75. The van der Waals surface area contributed by atoms with Crippen LogP contribution in [0.25, 0.3) is 11.1 Å². The molecular weight excluding hydrogens is 412 g/mol. The number of hydrogen-bond donors (Lipinski definition) is 1. The second-order valence-corrected chi connectivity index (χ2v) is 7.05. The van der Waals surface area contributed by atoms with E-state index in [0.717, 1.165) is 23.1 Å². The number of alkyl halides is 1. The summed E-state index contributed by atoms with van der Waals surface area (Å²) in [4.78, 5) is 22.7. The van der Waals surface area contributed by atoms with Crippen molar-refractivity contribution < 1.29 is 22.4 Å². The van der Waals surface area contributed by atoms with E-state index >= 15 is 0 Å². The molecule has 158 valence electrons. The predicted molar refractivity (Wildman–Crippen MR) is 106 cm³/mol. The van der Waals surface area contributed by atoms with Crippen LogP contribution in [0.2, 0.25) is 0 Å². The monoisotopic (exact) mass is 428 g/mol. The van der Waals surface area contributed by atoms with Crippen LogP contribution in [-0.4, -0.2) is 28.8 Å². The van der Waals surface area contributed by atoms with E-state index in [1.807, 2.05) is 0 Å². The molecule has 0 spiro atoms. The van der Waals surface area contributed by atoms with Crippen LogP contribution in [0.4, 0.5) is 17.6 Å². The molecule has 1 aliphatic heterocycles. The first-order valence-electron chi connectivity index (χ1n) is 9.18. The van der Waals surface area contributed by atoms with Crippen molar-refractivity contribution in [2.24, 2.45) is 10.7 Å². The summed E-state index contributed by atoms with van der Waals surface area (Å²) in [6.07, 6.45) is 1.30. The van der Waals surface area contributed by atoms with Crippen LogP contribution >= 0.6 is 0 Å². The molecule has 2 heterocycles. The molecule has 0 aliphatic carbocycles. The molecule has 5 nitrogen and oxygen atoms in total. The van der Waals surface area contributed by atoms with Crippen LogP contribution in [0.1, 0.15) is 16.8 Å². The molecule has 1 aliphatic rings. The fourth-order valence-corrected chi connectivity index (χ4v) is 3.54. The summed E-state index contributed by atoms with van der Waals surface area (Å²) in [6.45, 7) is -0.826. The minimum atomic E-state index is -1.94. The van der Waals surface area contributed by atoms with Crippen LogP contribution in [0, 0.1) is 17.5 Å². The van der Waals surface area contributed by atoms with Gasteiger partial charge in [-0.05, 0) is 53.1 Å². The normalized spacial score (nSPS) is 18.4. The Balaban J connectivity index is 2.01. The molecule has 4 rings (SSSR count). The minimum Gasteiger partial charge on any atom is -0.369 e. The van der Waals surface area contributed by atoms with Crippen molar-refractivity contribution in [2.75, 3.05) is 7.05 Å². The average molecular weight is 428 g/mol. The summed E-state index contributed by atoms with van der Waals surface area (Å²) in [7, 11) is 1.38. The summed E-state index contributed by atoms with van der Waals surface area (Å²) in [5, 5.41) is 0. The number of benzene rings is 2. The number of amides is 1. The number of halogens is 4. The number of carbonyl (C=O) groups excluding carboxylic acids is 1. The lowest BCUT2D eigenvalue weighted by molar-refractivity contribution is -0.129. The molecule has 0 radical (unpaired) electrons. The van der Waals surface area contributed by atoms with E-state index in [9.17, 15) is 22.4 Å². The van der Waals surface area contributed by atoms with Gasteiger partial charge < -0.3 is 5.73 Å². The SMILES string of the molecule is CN1C(=O)C(c2cc(F)c(F)c(-c3ccc(F)cc3)c2)(c2cc(CF)ccn2)N=C1N. The van der Waals surface area contributed by atoms with Gasteiger partial charge in [0.2, 0.25) is 5.54 Å². The van der Waals surface area contributed by atoms with Crippen molar-refractivity contribution in [1.82, 2.24) is 9.88 Å². The summed E-state index contributed by atoms with van der Waals surface area (Å²) in [5.74, 6) is -3.79. The van der Waals surface area contributed by atoms with Crippen LogP contribution in [-0.2, 0) is 17.0 Å². The van der Waals surface area contributed by atoms with Gasteiger partial charge >= 0.3 is 0 Å². The van der Waals surface area contributed by atoms with Gasteiger partial charge in [-0.25, -0.2) is 22.6 Å². The second-order valence-electron chi connectivity index (χ2n) is 7.05. The van der Waals surface area contributed by atoms with Crippen molar-refractivity contribution in [1.29, 1.82) is 0 Å². The van der Waals surface area contributed by atoms with E-state index in [4.69, 9.17) is 5.73 Å². The molecule has 31 heavy (non-hydrogen) atoms. The number of carbonyl (C=O) groups is 1. The Bertz CT molecular complexity index is 1210. The lowest BCUT2D eigenvalue weighted by atomic mass is 9.84. The highest BCUT2D eigenvalue weighted by atomic mass is 19.2. The zero-order valence-electron chi connectivity index (χ0n) is 16.2. The molecule has 0 bridgehead atoms. The van der Waals surface area contributed by atoms with Crippen molar-refractivity contribution in [3.8, 4) is 11.1 Å². The number of aliphatic imine (C=N–C) groups is 1. The van der Waals surface area contributed by atoms with Gasteiger partial charge in [-0.3, -0.25) is 14.7 Å². The molecule has 1 atom stereocenters. The first-order valence-corrected chi connectivity index (χ1v) is 9.18. The number of nitrogens with zero attached hydrogens (tertiary/aromatic N) is 3. The molecule has 0 fully saturated rings. The molecule has 1 aromatic heterocycles. The fraction of sp³-hybridized carbons (Fsp3) is 0.136. The topological polar surface area (TPSA) is 71.6 Å². The second kappa shape index (κ2) is 7.50. The van der Waals surface area contributed by atoms with Crippen molar-refractivity contribution in [2.45, 2.75) is 12.2 Å². The molecule has 0 saturated heterocycles. The van der Waals surface area contributed by atoms with E-state index in [1.54, 1.807) is 0 Å². The summed E-state index contributed by atoms with van der Waals surface area (Å²) in [5.41, 5.74) is 4.10. The highest BCUT2D eigenvalue weighted by Crippen LogP contribution is 2.41. The number of pyridine rings is 1. The van der Waals surface area contributed by atoms with Crippen molar-refractivity contribution in [3.05, 3.63) is 89.0 Å². The molecule has 1 amide bonds. The lowest BCUT2D eigenvalue weighted by Gasteiger charge is -2.26. The van der Waals surface area contributed by atoms with Gasteiger partial charge in [0, 0.05) is 18.8 Å². The third-order valence-corrected chi connectivity index (χ3v) is 5.19. The predicted octanol–water partition coefficient (Wildman–Crippen LogP) is 3.67. The maximum atomic E-state index is 14.7. The number of hydrogen-bond acceptors (Lipinski definition) is 4. The number of nitrogens with two attached hydrogens (primary N) is 1. The Morgan fingerprint density at radius 2 is 1.77 bits per heavy atom. The van der Waals surface area contributed by atoms with Gasteiger partial charge in [-0.2, -0.15) is 0 Å². The highest BCUT2D eigenvalue weighted by Gasteiger charge is 2.51. The Kier molecular flexibility index (Phi) is 4.96. The summed E-state index contributed by atoms with van der Waals surface area (Å²) < 4.78 is 55.9. The van der Waals surface area contributed by atoms with Gasteiger partial charge in [0.15, 0.2) is 17.6 Å². The minimum absolute atomic E-state index is 0.0102. The fourth-order valence-electron chi connectivity index (χ4n) is 3.54. The molecular formula is C22H16F4N4O. The smallest absolute Gasteiger partial charge is 0.267 e. The molecule has 2 aromatic carbocycles. The van der Waals surface area contributed by atoms with Crippen molar-refractivity contribution >= 4 is 11.9 Å². The largest absolute Gasteiger partial charge is 0.369 e. The molecule has 1 unspecified atom stereocenters. The molecule has 0 saturated carbocycles. The third-order valence-electron chi connectivity index (χ3n) is 5.19. The van der Waals surface area contributed by atoms with Gasteiger partial charge in [-0.15, -0.1) is 0 Å². The first kappa shape index (κ1) is 20.5. The van der Waals surface area contributed by atoms with Gasteiger partial charge in [-0.1, -0.05) is 12.1 Å². The van der Waals surface area contributed by atoms with E-state index in [0.29, 0.717) is 0 Å². The number of guanidine groups is 1. The van der Waals surface area contributed by atoms with Crippen LogP contribution < -0.4 is 5.73 Å². The van der Waals surface area contributed by atoms with Crippen LogP contribution in [0.5, 0.6) is 0 Å². The average Bonchev–Trinajstić information content (AvgIpc) is 3.01. The van der Waals surface area contributed by atoms with Crippen LogP contribution in [0.15, 0.2) is 59.7 Å². The van der Waals surface area contributed by atoms with Gasteiger partial charge in [0.1, 0.15) is 12.5 Å². The zero-order chi connectivity index (χ0) is 22.3. The number of likely N-dealkylation sites (N-methyl/N-ethyl adjacent to an activating group) is 1. The maximum absolute atomic E-state index is 14.7. The van der Waals surface area contributed by atoms with Crippen LogP contribution in [0.3, 0.4) is 0 Å². The Labute approximate surface area is 174 Å². The Morgan fingerprint density at radius 3 is 2.39 bits per heavy atom. The number of aromatic nitrogens is 1. The summed E-state index contributed by atoms with van der Waals surface area (Å²) in [6, 6.07) is 9.59. The third kappa shape index (κ3) is 3.22. The highest BCUT2D eigenvalue weighted by molar-refractivity contribution is 6.08. The quantitative estimate of drug-likeness (QED) is 0.645. The summed E-state index contributed by atoms with van der Waals surface area (Å²) >= 11 is 0. The Morgan fingerprint density at radius 1 is 1.06 bits per heavy atom. The zero-order valence-corrected chi connectivity index (χ0v) is 16.2. The van der Waals surface area contributed by atoms with E-state index < -0.39 is 35.6 Å². The van der Waals surface area contributed by atoms with E-state index in [2.05, 4.69) is 9.98 Å². The molecule has 2 N–H and O–H groups in total. The number of rotatable bonds is 4. The lowest BCUT2D eigenvalue weighted by Crippen LogP contribution is -2.41. The molecule has 9 heteroatoms. The maximum Gasteiger partial charge on any atom is 0.267 e. The van der Waals surface area contributed by atoms with Gasteiger partial charge in [0.25, 0.3) is 5.91 Å². The van der Waals surface area contributed by atoms with E-state index in [1.165, 1.54) is 43.6 Å². The standard InChI is InChI=1S/C22H16F4N4O/c1-30-20(31)22(29-21(30)27,18-8-12(11-23)6-7-28-18)14-9-16(19(26)17(25)10-14)13-2-4-15(24)5-3-13/h2-10H,11H2,1H3,(H2,27,29). The van der Waals surface area contributed by atoms with E-state index in [-0.39, 0.29) is 33.9 Å². The van der Waals surface area contributed by atoms with Gasteiger partial charge in [0.05, 0.1) is 5.69 Å². The first-order chi connectivity index (χ1) is 14.8. The van der Waals surface area contributed by atoms with Crippen molar-refractivity contribution in [3.63, 3.8) is 0 Å². The molecule has 3 aromatic rings.